The topological polar surface area (TPSA) is 55.1 Å². The van der Waals surface area contributed by atoms with Crippen LogP contribution in [-0.4, -0.2) is 17.7 Å². The van der Waals surface area contributed by atoms with Crippen molar-refractivity contribution in [3.05, 3.63) is 24.3 Å². The Balaban J connectivity index is 2.53. The van der Waals surface area contributed by atoms with Gasteiger partial charge in [-0.05, 0) is 25.5 Å². The maximum atomic E-state index is 10.9. The Hall–Kier alpha value is -1.16. The van der Waals surface area contributed by atoms with Gasteiger partial charge in [0.05, 0.1) is 5.75 Å². The number of nitrogens with one attached hydrogen (secondary N) is 1. The highest BCUT2D eigenvalue weighted by atomic mass is 32.2. The van der Waals surface area contributed by atoms with E-state index in [2.05, 4.69) is 25.2 Å². The summed E-state index contributed by atoms with van der Waals surface area (Å²) in [5.41, 5.74) is 6.29. The molecule has 106 valence electrons. The van der Waals surface area contributed by atoms with Crippen LogP contribution < -0.4 is 11.1 Å². The molecule has 1 atom stereocenters. The number of hydrogen-bond donors (Lipinski definition) is 2. The zero-order chi connectivity index (χ0) is 14.1. The van der Waals surface area contributed by atoms with Crippen LogP contribution in [0.4, 0.5) is 5.69 Å². The van der Waals surface area contributed by atoms with Crippen LogP contribution in [0.1, 0.15) is 39.5 Å². The fourth-order valence-corrected chi connectivity index (χ4v) is 2.65. The summed E-state index contributed by atoms with van der Waals surface area (Å²) in [5.74, 6) is 0.0407. The monoisotopic (exact) mass is 280 g/mol. The van der Waals surface area contributed by atoms with E-state index in [1.165, 1.54) is 37.4 Å². The second-order valence-electron chi connectivity index (χ2n) is 4.79. The summed E-state index contributed by atoms with van der Waals surface area (Å²) in [5, 5.41) is 3.52. The van der Waals surface area contributed by atoms with Crippen LogP contribution in [0.3, 0.4) is 0 Å². The summed E-state index contributed by atoms with van der Waals surface area (Å²) in [6.07, 6.45) is 4.95. The van der Waals surface area contributed by atoms with E-state index in [4.69, 9.17) is 5.73 Å². The van der Waals surface area contributed by atoms with Crippen molar-refractivity contribution in [3.63, 3.8) is 0 Å². The largest absolute Gasteiger partial charge is 0.382 e. The number of anilines is 1. The standard InChI is InChI=1S/C15H24N2OS/c1-3-4-5-8-12(2)17-13-9-6-7-10-14(13)19-11-15(16)18/h6-7,9-10,12,17H,3-5,8,11H2,1-2H3,(H2,16,18). The van der Waals surface area contributed by atoms with Crippen LogP contribution in [0.5, 0.6) is 0 Å². The molecule has 0 bridgehead atoms. The lowest BCUT2D eigenvalue weighted by Crippen LogP contribution is -2.16. The van der Waals surface area contributed by atoms with Crippen LogP contribution in [0.25, 0.3) is 0 Å². The molecule has 0 aliphatic heterocycles. The molecule has 1 aromatic carbocycles. The van der Waals surface area contributed by atoms with Crippen LogP contribution in [0, 0.1) is 0 Å². The molecule has 0 heterocycles. The smallest absolute Gasteiger partial charge is 0.227 e. The molecule has 1 unspecified atom stereocenters. The van der Waals surface area contributed by atoms with Crippen molar-refractivity contribution >= 4 is 23.4 Å². The van der Waals surface area contributed by atoms with Gasteiger partial charge in [0.2, 0.25) is 5.91 Å². The Morgan fingerprint density at radius 1 is 1.37 bits per heavy atom. The molecule has 0 radical (unpaired) electrons. The Bertz CT molecular complexity index is 395. The second-order valence-corrected chi connectivity index (χ2v) is 5.81. The predicted molar refractivity (Wildman–Crippen MR) is 83.6 cm³/mol. The van der Waals surface area contributed by atoms with Crippen molar-refractivity contribution in [2.24, 2.45) is 5.73 Å². The molecule has 1 amide bonds. The van der Waals surface area contributed by atoms with Crippen molar-refractivity contribution in [2.45, 2.75) is 50.5 Å². The molecule has 1 rings (SSSR count). The molecule has 4 heteroatoms. The third-order valence-electron chi connectivity index (χ3n) is 2.90. The maximum Gasteiger partial charge on any atom is 0.227 e. The van der Waals surface area contributed by atoms with Crippen molar-refractivity contribution in [1.82, 2.24) is 0 Å². The molecule has 0 fully saturated rings. The molecule has 0 aliphatic rings. The van der Waals surface area contributed by atoms with E-state index in [0.29, 0.717) is 11.8 Å². The summed E-state index contributed by atoms with van der Waals surface area (Å²) >= 11 is 1.49. The van der Waals surface area contributed by atoms with E-state index in [0.717, 1.165) is 10.6 Å². The Morgan fingerprint density at radius 2 is 2.11 bits per heavy atom. The summed E-state index contributed by atoms with van der Waals surface area (Å²) in [4.78, 5) is 11.9. The van der Waals surface area contributed by atoms with E-state index < -0.39 is 0 Å². The van der Waals surface area contributed by atoms with Gasteiger partial charge >= 0.3 is 0 Å². The van der Waals surface area contributed by atoms with Crippen LogP contribution in [-0.2, 0) is 4.79 Å². The second kappa shape index (κ2) is 8.86. The first-order valence-electron chi connectivity index (χ1n) is 6.90. The van der Waals surface area contributed by atoms with Crippen LogP contribution >= 0.6 is 11.8 Å². The molecule has 3 N–H and O–H groups in total. The van der Waals surface area contributed by atoms with Crippen molar-refractivity contribution < 1.29 is 4.79 Å². The number of thioether (sulfide) groups is 1. The minimum Gasteiger partial charge on any atom is -0.382 e. The molecule has 0 spiro atoms. The quantitative estimate of drug-likeness (QED) is 0.536. The molecule has 0 saturated carbocycles. The minimum atomic E-state index is -0.282. The maximum absolute atomic E-state index is 10.9. The van der Waals surface area contributed by atoms with Crippen molar-refractivity contribution in [2.75, 3.05) is 11.1 Å². The van der Waals surface area contributed by atoms with Gasteiger partial charge in [-0.15, -0.1) is 11.8 Å². The fourth-order valence-electron chi connectivity index (χ4n) is 1.90. The van der Waals surface area contributed by atoms with E-state index in [-0.39, 0.29) is 5.91 Å². The summed E-state index contributed by atoms with van der Waals surface area (Å²) in [7, 11) is 0. The van der Waals surface area contributed by atoms with Gasteiger partial charge in [-0.1, -0.05) is 38.3 Å². The number of carbonyl (C=O) groups is 1. The molecule has 3 nitrogen and oxygen atoms in total. The van der Waals surface area contributed by atoms with E-state index in [1.807, 2.05) is 18.2 Å². The Morgan fingerprint density at radius 3 is 2.79 bits per heavy atom. The first-order valence-corrected chi connectivity index (χ1v) is 7.88. The number of para-hydroxylation sites is 1. The molecule has 0 saturated heterocycles. The Labute approximate surface area is 120 Å². The first kappa shape index (κ1) is 15.9. The number of benzene rings is 1. The van der Waals surface area contributed by atoms with Crippen molar-refractivity contribution in [3.8, 4) is 0 Å². The average Bonchev–Trinajstić information content (AvgIpc) is 2.38. The zero-order valence-electron chi connectivity index (χ0n) is 11.8. The van der Waals surface area contributed by atoms with Gasteiger partial charge in [0.15, 0.2) is 0 Å². The van der Waals surface area contributed by atoms with Crippen LogP contribution in [0.15, 0.2) is 29.2 Å². The highest BCUT2D eigenvalue weighted by Gasteiger charge is 2.07. The minimum absolute atomic E-state index is 0.282. The van der Waals surface area contributed by atoms with Gasteiger partial charge in [-0.25, -0.2) is 0 Å². The summed E-state index contributed by atoms with van der Waals surface area (Å²) in [6.45, 7) is 4.42. The fraction of sp³-hybridized carbons (Fsp3) is 0.533. The number of carbonyl (C=O) groups excluding carboxylic acids is 1. The molecular formula is C15H24N2OS. The third kappa shape index (κ3) is 6.53. The van der Waals surface area contributed by atoms with Crippen LogP contribution in [0.2, 0.25) is 0 Å². The number of amides is 1. The lowest BCUT2D eigenvalue weighted by molar-refractivity contribution is -0.115. The molecule has 1 aromatic rings. The number of rotatable bonds is 9. The Kier molecular flexibility index (Phi) is 7.41. The molecule has 0 aliphatic carbocycles. The highest BCUT2D eigenvalue weighted by Crippen LogP contribution is 2.27. The predicted octanol–water partition coefficient (Wildman–Crippen LogP) is 3.64. The SMILES string of the molecule is CCCCCC(C)Nc1ccccc1SCC(N)=O. The van der Waals surface area contributed by atoms with E-state index in [1.54, 1.807) is 0 Å². The lowest BCUT2D eigenvalue weighted by atomic mass is 10.1. The molecule has 0 aromatic heterocycles. The summed E-state index contributed by atoms with van der Waals surface area (Å²) < 4.78 is 0. The molecule has 19 heavy (non-hydrogen) atoms. The zero-order valence-corrected chi connectivity index (χ0v) is 12.6. The van der Waals surface area contributed by atoms with Gasteiger partial charge in [-0.3, -0.25) is 4.79 Å². The highest BCUT2D eigenvalue weighted by molar-refractivity contribution is 8.00. The number of nitrogens with two attached hydrogens (primary N) is 1. The third-order valence-corrected chi connectivity index (χ3v) is 4.00. The van der Waals surface area contributed by atoms with Crippen molar-refractivity contribution in [1.29, 1.82) is 0 Å². The number of unbranched alkanes of at least 4 members (excludes halogenated alkanes) is 2. The summed E-state index contributed by atoms with van der Waals surface area (Å²) in [6, 6.07) is 8.52. The normalized spacial score (nSPS) is 12.1. The van der Waals surface area contributed by atoms with Gasteiger partial charge in [-0.2, -0.15) is 0 Å². The van der Waals surface area contributed by atoms with Gasteiger partial charge in [0.1, 0.15) is 0 Å². The molecular weight excluding hydrogens is 256 g/mol. The van der Waals surface area contributed by atoms with Gasteiger partial charge in [0, 0.05) is 16.6 Å². The lowest BCUT2D eigenvalue weighted by Gasteiger charge is -2.17. The van der Waals surface area contributed by atoms with E-state index in [9.17, 15) is 4.79 Å². The van der Waals surface area contributed by atoms with Gasteiger partial charge < -0.3 is 11.1 Å². The first-order chi connectivity index (χ1) is 9.13. The average molecular weight is 280 g/mol. The number of primary amides is 1. The van der Waals surface area contributed by atoms with Gasteiger partial charge in [0.25, 0.3) is 0 Å². The number of hydrogen-bond acceptors (Lipinski definition) is 3. The van der Waals surface area contributed by atoms with E-state index >= 15 is 0 Å².